The van der Waals surface area contributed by atoms with Crippen molar-refractivity contribution in [3.05, 3.63) is 47.8 Å². The van der Waals surface area contributed by atoms with Gasteiger partial charge in [0, 0.05) is 44.7 Å². The Morgan fingerprint density at radius 1 is 1.21 bits per heavy atom. The Hall–Kier alpha value is -2.71. The van der Waals surface area contributed by atoms with Gasteiger partial charge in [-0.25, -0.2) is 9.97 Å². The Balaban J connectivity index is 1.28. The largest absolute Gasteiger partial charge is 0.475 e. The summed E-state index contributed by atoms with van der Waals surface area (Å²) in [6, 6.07) is 7.35. The number of ether oxygens (including phenoxy) is 3. The first-order chi connectivity index (χ1) is 14.3. The zero-order valence-corrected chi connectivity index (χ0v) is 16.4. The summed E-state index contributed by atoms with van der Waals surface area (Å²) < 4.78 is 16.5. The molecule has 29 heavy (non-hydrogen) atoms. The molecule has 2 saturated heterocycles. The van der Waals surface area contributed by atoms with Crippen LogP contribution in [0, 0.1) is 0 Å². The van der Waals surface area contributed by atoms with E-state index in [1.807, 2.05) is 12.1 Å². The van der Waals surface area contributed by atoms with Gasteiger partial charge < -0.3 is 24.4 Å². The summed E-state index contributed by atoms with van der Waals surface area (Å²) in [7, 11) is 0. The molecular weight excluding hydrogens is 372 g/mol. The monoisotopic (exact) mass is 398 g/mol. The fourth-order valence-corrected chi connectivity index (χ4v) is 3.37. The molecular formula is C21H26N4O4. The van der Waals surface area contributed by atoms with E-state index in [1.54, 1.807) is 18.3 Å². The van der Waals surface area contributed by atoms with E-state index in [4.69, 9.17) is 14.2 Å². The molecule has 2 aliphatic rings. The van der Waals surface area contributed by atoms with Crippen LogP contribution in [0.2, 0.25) is 0 Å². The van der Waals surface area contributed by atoms with Crippen LogP contribution in [0.4, 0.5) is 5.82 Å². The zero-order chi connectivity index (χ0) is 19.9. The first-order valence-electron chi connectivity index (χ1n) is 10.0. The van der Waals surface area contributed by atoms with E-state index in [2.05, 4.69) is 20.2 Å². The molecule has 0 unspecified atom stereocenters. The van der Waals surface area contributed by atoms with E-state index in [1.165, 1.54) is 6.20 Å². The van der Waals surface area contributed by atoms with Gasteiger partial charge in [0.15, 0.2) is 0 Å². The highest BCUT2D eigenvalue weighted by Gasteiger charge is 2.16. The second-order valence-electron chi connectivity index (χ2n) is 7.14. The predicted octanol–water partition coefficient (Wildman–Crippen LogP) is 1.80. The summed E-state index contributed by atoms with van der Waals surface area (Å²) in [4.78, 5) is 23.3. The second-order valence-corrected chi connectivity index (χ2v) is 7.14. The third kappa shape index (κ3) is 5.42. The van der Waals surface area contributed by atoms with Gasteiger partial charge in [-0.3, -0.25) is 4.79 Å². The standard InChI is InChI=1S/C21H26N4O4/c26-21(17-3-4-20(23-14-17)29-15-18-2-1-9-28-18)24-13-16-5-6-22-19(12-16)25-7-10-27-11-8-25/h3-6,12,14,18H,1-2,7-11,13,15H2,(H,24,26)/t18-/m0/s1. The minimum atomic E-state index is -0.173. The Bertz CT molecular complexity index is 803. The lowest BCUT2D eigenvalue weighted by atomic mass is 10.2. The number of pyridine rings is 2. The van der Waals surface area contributed by atoms with Crippen molar-refractivity contribution in [1.82, 2.24) is 15.3 Å². The van der Waals surface area contributed by atoms with Crippen LogP contribution in [0.5, 0.6) is 5.88 Å². The Morgan fingerprint density at radius 2 is 2.10 bits per heavy atom. The molecule has 8 nitrogen and oxygen atoms in total. The normalized spacial score (nSPS) is 19.2. The van der Waals surface area contributed by atoms with E-state index in [-0.39, 0.29) is 12.0 Å². The molecule has 1 atom stereocenters. The molecule has 1 amide bonds. The molecule has 4 heterocycles. The summed E-state index contributed by atoms with van der Waals surface area (Å²) in [5.41, 5.74) is 1.50. The van der Waals surface area contributed by atoms with Crippen LogP contribution >= 0.6 is 0 Å². The molecule has 2 aromatic rings. The molecule has 0 radical (unpaired) electrons. The lowest BCUT2D eigenvalue weighted by molar-refractivity contribution is 0.0663. The van der Waals surface area contributed by atoms with E-state index in [9.17, 15) is 4.79 Å². The van der Waals surface area contributed by atoms with Gasteiger partial charge in [-0.05, 0) is 36.6 Å². The van der Waals surface area contributed by atoms with Crippen molar-refractivity contribution in [1.29, 1.82) is 0 Å². The summed E-state index contributed by atoms with van der Waals surface area (Å²) in [5, 5.41) is 2.93. The van der Waals surface area contributed by atoms with Crippen LogP contribution in [0.1, 0.15) is 28.8 Å². The number of anilines is 1. The molecule has 0 bridgehead atoms. The third-order valence-electron chi connectivity index (χ3n) is 5.04. The van der Waals surface area contributed by atoms with Crippen molar-refractivity contribution in [2.75, 3.05) is 44.4 Å². The lowest BCUT2D eigenvalue weighted by Gasteiger charge is -2.28. The number of morpholine rings is 1. The number of carbonyl (C=O) groups is 1. The molecule has 1 N–H and O–H groups in total. The minimum Gasteiger partial charge on any atom is -0.475 e. The predicted molar refractivity (Wildman–Crippen MR) is 107 cm³/mol. The van der Waals surface area contributed by atoms with Crippen LogP contribution in [0.3, 0.4) is 0 Å². The molecule has 2 aromatic heterocycles. The van der Waals surface area contributed by atoms with Crippen molar-refractivity contribution in [2.45, 2.75) is 25.5 Å². The highest BCUT2D eigenvalue weighted by atomic mass is 16.5. The third-order valence-corrected chi connectivity index (χ3v) is 5.04. The number of aromatic nitrogens is 2. The lowest BCUT2D eigenvalue weighted by Crippen LogP contribution is -2.36. The van der Waals surface area contributed by atoms with Crippen LogP contribution in [0.25, 0.3) is 0 Å². The zero-order valence-electron chi connectivity index (χ0n) is 16.4. The summed E-state index contributed by atoms with van der Waals surface area (Å²) in [6.45, 7) is 4.80. The maximum atomic E-state index is 12.4. The topological polar surface area (TPSA) is 85.8 Å². The number of rotatable bonds is 7. The second kappa shape index (κ2) is 9.67. The molecule has 2 fully saturated rings. The molecule has 154 valence electrons. The summed E-state index contributed by atoms with van der Waals surface area (Å²) in [5.74, 6) is 1.24. The van der Waals surface area contributed by atoms with Gasteiger partial charge in [0.2, 0.25) is 5.88 Å². The van der Waals surface area contributed by atoms with Gasteiger partial charge in [0.1, 0.15) is 12.4 Å². The number of carbonyl (C=O) groups excluding carboxylic acids is 1. The molecule has 2 aliphatic heterocycles. The highest BCUT2D eigenvalue weighted by molar-refractivity contribution is 5.93. The Morgan fingerprint density at radius 3 is 2.86 bits per heavy atom. The molecule has 4 rings (SSSR count). The van der Waals surface area contributed by atoms with E-state index in [0.29, 0.717) is 37.8 Å². The van der Waals surface area contributed by atoms with Crippen LogP contribution < -0.4 is 15.0 Å². The maximum absolute atomic E-state index is 12.4. The molecule has 0 spiro atoms. The minimum absolute atomic E-state index is 0.141. The van der Waals surface area contributed by atoms with Gasteiger partial charge >= 0.3 is 0 Å². The highest BCUT2D eigenvalue weighted by Crippen LogP contribution is 2.16. The molecule has 0 aromatic carbocycles. The van der Waals surface area contributed by atoms with Crippen molar-refractivity contribution < 1.29 is 19.0 Å². The Kier molecular flexibility index (Phi) is 6.53. The van der Waals surface area contributed by atoms with Gasteiger partial charge in [-0.2, -0.15) is 0 Å². The fraction of sp³-hybridized carbons (Fsp3) is 0.476. The first-order valence-corrected chi connectivity index (χ1v) is 10.0. The number of nitrogens with zero attached hydrogens (tertiary/aromatic N) is 3. The van der Waals surface area contributed by atoms with Gasteiger partial charge in [0.05, 0.1) is 24.9 Å². The number of hydrogen-bond donors (Lipinski definition) is 1. The van der Waals surface area contributed by atoms with Crippen molar-refractivity contribution in [3.63, 3.8) is 0 Å². The number of nitrogens with one attached hydrogen (secondary N) is 1. The van der Waals surface area contributed by atoms with Crippen molar-refractivity contribution in [2.24, 2.45) is 0 Å². The van der Waals surface area contributed by atoms with E-state index >= 15 is 0 Å². The SMILES string of the molecule is O=C(NCc1ccnc(N2CCOCC2)c1)c1ccc(OC[C@@H]2CCCO2)nc1. The smallest absolute Gasteiger partial charge is 0.253 e. The van der Waals surface area contributed by atoms with Crippen molar-refractivity contribution >= 4 is 11.7 Å². The fourth-order valence-electron chi connectivity index (χ4n) is 3.37. The molecule has 0 aliphatic carbocycles. The van der Waals surface area contributed by atoms with Gasteiger partial charge in [-0.1, -0.05) is 0 Å². The number of hydrogen-bond acceptors (Lipinski definition) is 7. The van der Waals surface area contributed by atoms with Crippen LogP contribution in [0.15, 0.2) is 36.7 Å². The molecule has 8 heteroatoms. The summed E-state index contributed by atoms with van der Waals surface area (Å²) >= 11 is 0. The summed E-state index contributed by atoms with van der Waals surface area (Å²) in [6.07, 6.45) is 5.54. The van der Waals surface area contributed by atoms with E-state index in [0.717, 1.165) is 43.9 Å². The van der Waals surface area contributed by atoms with Crippen molar-refractivity contribution in [3.8, 4) is 5.88 Å². The van der Waals surface area contributed by atoms with Gasteiger partial charge in [0.25, 0.3) is 5.91 Å². The molecule has 0 saturated carbocycles. The van der Waals surface area contributed by atoms with E-state index < -0.39 is 0 Å². The average molecular weight is 398 g/mol. The van der Waals surface area contributed by atoms with Gasteiger partial charge in [-0.15, -0.1) is 0 Å². The maximum Gasteiger partial charge on any atom is 0.253 e. The quantitative estimate of drug-likeness (QED) is 0.761. The average Bonchev–Trinajstić information content (AvgIpc) is 3.31. The van der Waals surface area contributed by atoms with Crippen LogP contribution in [-0.4, -0.2) is 61.5 Å². The first kappa shape index (κ1) is 19.6. The Labute approximate surface area is 170 Å². The van der Waals surface area contributed by atoms with Crippen LogP contribution in [-0.2, 0) is 16.0 Å². The number of amides is 1.